The summed E-state index contributed by atoms with van der Waals surface area (Å²) < 4.78 is 28.1. The molecular weight excluding hydrogens is 506 g/mol. The van der Waals surface area contributed by atoms with Crippen molar-refractivity contribution in [1.82, 2.24) is 14.5 Å². The number of aryl methyl sites for hydroxylation is 1. The predicted molar refractivity (Wildman–Crippen MR) is 140 cm³/mol. The second-order valence-electron chi connectivity index (χ2n) is 9.58. The van der Waals surface area contributed by atoms with Gasteiger partial charge in [0.25, 0.3) is 5.91 Å². The van der Waals surface area contributed by atoms with Crippen molar-refractivity contribution in [3.05, 3.63) is 89.5 Å². The summed E-state index contributed by atoms with van der Waals surface area (Å²) in [6.07, 6.45) is 0.131. The molecule has 0 unspecified atom stereocenters. The Morgan fingerprint density at radius 1 is 0.974 bits per heavy atom. The molecule has 9 nitrogen and oxygen atoms in total. The normalized spacial score (nSPS) is 17.8. The van der Waals surface area contributed by atoms with E-state index in [1.807, 2.05) is 55.5 Å². The first-order valence-corrected chi connectivity index (χ1v) is 13.7. The van der Waals surface area contributed by atoms with Gasteiger partial charge in [0.05, 0.1) is 4.90 Å². The highest BCUT2D eigenvalue weighted by Gasteiger charge is 2.47. The van der Waals surface area contributed by atoms with Gasteiger partial charge in [-0.15, -0.1) is 0 Å². The van der Waals surface area contributed by atoms with E-state index >= 15 is 0 Å². The van der Waals surface area contributed by atoms with Crippen LogP contribution in [0.5, 0.6) is 0 Å². The number of carboxylic acids is 1. The van der Waals surface area contributed by atoms with E-state index in [9.17, 15) is 27.9 Å². The molecule has 2 atom stereocenters. The van der Waals surface area contributed by atoms with E-state index in [2.05, 4.69) is 4.72 Å². The fourth-order valence-corrected chi connectivity index (χ4v) is 6.12. The van der Waals surface area contributed by atoms with Crippen LogP contribution >= 0.6 is 0 Å². The SMILES string of the molecule is Cc1ccc(-c2ccc(S(=O)(=O)N[C@H](CCN3C(=O)[C@@H]4Cc5ccccc5CN4C3=O)C(=O)O)cc2)cc1. The molecule has 0 aromatic heterocycles. The van der Waals surface area contributed by atoms with Crippen LogP contribution in [0.2, 0.25) is 0 Å². The summed E-state index contributed by atoms with van der Waals surface area (Å²) >= 11 is 0. The third-order valence-electron chi connectivity index (χ3n) is 7.06. The first-order chi connectivity index (χ1) is 18.1. The third-order valence-corrected chi connectivity index (χ3v) is 8.55. The molecule has 1 saturated heterocycles. The number of amides is 3. The maximum Gasteiger partial charge on any atom is 0.327 e. The number of hydrogen-bond donors (Lipinski definition) is 2. The zero-order valence-electron chi connectivity index (χ0n) is 20.7. The standard InChI is InChI=1S/C28H27N3O6S/c1-18-6-8-19(9-7-18)20-10-12-23(13-11-20)38(36,37)29-24(27(33)34)14-15-30-26(32)25-16-21-4-2-3-5-22(21)17-31(25)28(30)35/h2-13,24-25,29H,14-17H2,1H3,(H,33,34)/t24-,25+/m1/s1. The summed E-state index contributed by atoms with van der Waals surface area (Å²) in [5.41, 5.74) is 4.83. The van der Waals surface area contributed by atoms with E-state index in [0.717, 1.165) is 32.7 Å². The molecule has 0 saturated carbocycles. The molecule has 196 valence electrons. The number of benzene rings is 3. The number of carbonyl (C=O) groups excluding carboxylic acids is 2. The minimum atomic E-state index is -4.17. The molecule has 2 N–H and O–H groups in total. The number of imide groups is 1. The van der Waals surface area contributed by atoms with Crippen molar-refractivity contribution < 1.29 is 27.9 Å². The Kier molecular flexibility index (Phi) is 6.77. The minimum Gasteiger partial charge on any atom is -0.480 e. The van der Waals surface area contributed by atoms with Gasteiger partial charge in [-0.2, -0.15) is 4.72 Å². The minimum absolute atomic E-state index is 0.0807. The first-order valence-electron chi connectivity index (χ1n) is 12.2. The van der Waals surface area contributed by atoms with E-state index in [0.29, 0.717) is 13.0 Å². The lowest BCUT2D eigenvalue weighted by Gasteiger charge is -2.28. The van der Waals surface area contributed by atoms with Crippen LogP contribution in [-0.2, 0) is 32.6 Å². The first kappa shape index (κ1) is 25.6. The number of nitrogens with zero attached hydrogens (tertiary/aromatic N) is 2. The lowest BCUT2D eigenvalue weighted by molar-refractivity contribution is -0.139. The molecule has 2 heterocycles. The van der Waals surface area contributed by atoms with E-state index < -0.39 is 40.0 Å². The molecule has 1 fully saturated rings. The van der Waals surface area contributed by atoms with Crippen LogP contribution in [0.25, 0.3) is 11.1 Å². The number of rotatable bonds is 8. The summed E-state index contributed by atoms with van der Waals surface area (Å²) in [7, 11) is -4.17. The number of aliphatic carboxylic acids is 1. The van der Waals surface area contributed by atoms with Crippen LogP contribution in [0.15, 0.2) is 77.7 Å². The predicted octanol–water partition coefficient (Wildman–Crippen LogP) is 3.17. The maximum atomic E-state index is 13.0. The van der Waals surface area contributed by atoms with Gasteiger partial charge in [0, 0.05) is 19.5 Å². The monoisotopic (exact) mass is 533 g/mol. The summed E-state index contributed by atoms with van der Waals surface area (Å²) in [4.78, 5) is 40.3. The van der Waals surface area contributed by atoms with Crippen LogP contribution in [0.3, 0.4) is 0 Å². The molecule has 0 aliphatic carbocycles. The highest BCUT2D eigenvalue weighted by molar-refractivity contribution is 7.89. The van der Waals surface area contributed by atoms with E-state index in [-0.39, 0.29) is 17.9 Å². The zero-order valence-corrected chi connectivity index (χ0v) is 21.5. The molecule has 3 aromatic carbocycles. The van der Waals surface area contributed by atoms with Crippen LogP contribution < -0.4 is 4.72 Å². The Balaban J connectivity index is 1.26. The Hall–Kier alpha value is -4.02. The van der Waals surface area contributed by atoms with Gasteiger partial charge in [-0.3, -0.25) is 14.5 Å². The van der Waals surface area contributed by atoms with Gasteiger partial charge in [-0.25, -0.2) is 13.2 Å². The number of sulfonamides is 1. The molecule has 2 aliphatic rings. The van der Waals surface area contributed by atoms with Crippen LogP contribution in [0.1, 0.15) is 23.1 Å². The second-order valence-corrected chi connectivity index (χ2v) is 11.3. The van der Waals surface area contributed by atoms with Crippen molar-refractivity contribution in [2.45, 2.75) is 43.3 Å². The van der Waals surface area contributed by atoms with Crippen molar-refractivity contribution >= 4 is 27.9 Å². The van der Waals surface area contributed by atoms with E-state index in [1.165, 1.54) is 17.0 Å². The molecule has 10 heteroatoms. The summed E-state index contributed by atoms with van der Waals surface area (Å²) in [5.74, 6) is -1.79. The van der Waals surface area contributed by atoms with E-state index in [4.69, 9.17) is 0 Å². The molecule has 5 rings (SSSR count). The quantitative estimate of drug-likeness (QED) is 0.429. The Labute approximate surface area is 220 Å². The van der Waals surface area contributed by atoms with Gasteiger partial charge in [-0.05, 0) is 47.7 Å². The van der Waals surface area contributed by atoms with Crippen molar-refractivity contribution in [2.24, 2.45) is 0 Å². The van der Waals surface area contributed by atoms with Crippen LogP contribution in [0, 0.1) is 6.92 Å². The average molecular weight is 534 g/mol. The molecule has 0 bridgehead atoms. The van der Waals surface area contributed by atoms with Gasteiger partial charge in [0.2, 0.25) is 10.0 Å². The van der Waals surface area contributed by atoms with Crippen molar-refractivity contribution in [3.8, 4) is 11.1 Å². The molecular formula is C28H27N3O6S. The van der Waals surface area contributed by atoms with E-state index in [1.54, 1.807) is 12.1 Å². The number of urea groups is 1. The molecule has 0 radical (unpaired) electrons. The smallest absolute Gasteiger partial charge is 0.327 e. The molecule has 38 heavy (non-hydrogen) atoms. The molecule has 0 spiro atoms. The van der Waals surface area contributed by atoms with Gasteiger partial charge in [0.15, 0.2) is 0 Å². The number of hydrogen-bond acceptors (Lipinski definition) is 5. The number of nitrogens with one attached hydrogen (secondary N) is 1. The fraction of sp³-hybridized carbons (Fsp3) is 0.250. The lowest BCUT2D eigenvalue weighted by atomic mass is 9.95. The summed E-state index contributed by atoms with van der Waals surface area (Å²) in [6, 6.07) is 18.9. The third kappa shape index (κ3) is 4.92. The highest BCUT2D eigenvalue weighted by Crippen LogP contribution is 2.30. The number of carbonyl (C=O) groups is 3. The summed E-state index contributed by atoms with van der Waals surface area (Å²) in [5, 5.41) is 9.70. The largest absolute Gasteiger partial charge is 0.480 e. The van der Waals surface area contributed by atoms with Gasteiger partial charge in [-0.1, -0.05) is 66.2 Å². The zero-order chi connectivity index (χ0) is 27.0. The van der Waals surface area contributed by atoms with Crippen molar-refractivity contribution in [3.63, 3.8) is 0 Å². The molecule has 2 aliphatic heterocycles. The van der Waals surface area contributed by atoms with Gasteiger partial charge < -0.3 is 10.0 Å². The highest BCUT2D eigenvalue weighted by atomic mass is 32.2. The second kappa shape index (κ2) is 10.0. The molecule has 3 amide bonds. The van der Waals surface area contributed by atoms with Crippen LogP contribution in [0.4, 0.5) is 4.79 Å². The van der Waals surface area contributed by atoms with Crippen LogP contribution in [-0.4, -0.2) is 59.9 Å². The number of carboxylic acid groups (broad SMARTS) is 1. The Bertz CT molecular complexity index is 1460. The average Bonchev–Trinajstić information content (AvgIpc) is 3.14. The fourth-order valence-electron chi connectivity index (χ4n) is 4.90. The Morgan fingerprint density at radius 3 is 2.21 bits per heavy atom. The van der Waals surface area contributed by atoms with Gasteiger partial charge in [0.1, 0.15) is 12.1 Å². The number of fused-ring (bicyclic) bond motifs is 2. The Morgan fingerprint density at radius 2 is 1.58 bits per heavy atom. The summed E-state index contributed by atoms with van der Waals surface area (Å²) in [6.45, 7) is 2.06. The lowest BCUT2D eigenvalue weighted by Crippen LogP contribution is -2.44. The van der Waals surface area contributed by atoms with Crippen molar-refractivity contribution in [2.75, 3.05) is 6.54 Å². The van der Waals surface area contributed by atoms with Gasteiger partial charge >= 0.3 is 12.0 Å². The molecule has 3 aromatic rings. The van der Waals surface area contributed by atoms with Crippen molar-refractivity contribution in [1.29, 1.82) is 0 Å². The maximum absolute atomic E-state index is 13.0. The topological polar surface area (TPSA) is 124 Å².